The van der Waals surface area contributed by atoms with E-state index in [-0.39, 0.29) is 24.6 Å². The molecule has 0 aliphatic carbocycles. The van der Waals surface area contributed by atoms with Crippen molar-refractivity contribution in [1.29, 1.82) is 0 Å². The average Bonchev–Trinajstić information content (AvgIpc) is 2.68. The van der Waals surface area contributed by atoms with Crippen LogP contribution in [-0.2, 0) is 10.0 Å². The largest absolute Gasteiger partial charge is 0.491 e. The summed E-state index contributed by atoms with van der Waals surface area (Å²) in [6.45, 7) is 2.02. The molecule has 9 heteroatoms. The van der Waals surface area contributed by atoms with E-state index < -0.39 is 21.9 Å². The van der Waals surface area contributed by atoms with Crippen molar-refractivity contribution in [3.8, 4) is 5.75 Å². The normalized spacial score (nSPS) is 17.4. The number of nitrogens with zero attached hydrogens (tertiary/aromatic N) is 2. The summed E-state index contributed by atoms with van der Waals surface area (Å²) in [6, 6.07) is 11.9. The minimum atomic E-state index is -3.72. The van der Waals surface area contributed by atoms with Gasteiger partial charge in [-0.1, -0.05) is 17.7 Å². The molecule has 1 saturated heterocycles. The van der Waals surface area contributed by atoms with Crippen molar-refractivity contribution < 1.29 is 22.7 Å². The zero-order valence-electron chi connectivity index (χ0n) is 15.2. The molecule has 0 aromatic heterocycles. The van der Waals surface area contributed by atoms with E-state index >= 15 is 0 Å². The van der Waals surface area contributed by atoms with Gasteiger partial charge in [0.1, 0.15) is 24.3 Å². The minimum Gasteiger partial charge on any atom is -0.491 e. The Morgan fingerprint density at radius 2 is 1.79 bits per heavy atom. The van der Waals surface area contributed by atoms with Gasteiger partial charge in [-0.2, -0.15) is 4.31 Å². The number of hydrogen-bond acceptors (Lipinski definition) is 5. The van der Waals surface area contributed by atoms with Crippen LogP contribution in [0.4, 0.5) is 4.39 Å². The first-order valence-electron chi connectivity index (χ1n) is 8.89. The summed E-state index contributed by atoms with van der Waals surface area (Å²) < 4.78 is 45.4. The first kappa shape index (κ1) is 21.0. The van der Waals surface area contributed by atoms with Gasteiger partial charge in [0.25, 0.3) is 0 Å². The number of hydrogen-bond donors (Lipinski definition) is 1. The molecule has 6 nitrogen and oxygen atoms in total. The fourth-order valence-electron chi connectivity index (χ4n) is 3.00. The highest BCUT2D eigenvalue weighted by atomic mass is 35.5. The molecular formula is C19H22ClFN2O4S. The van der Waals surface area contributed by atoms with E-state index in [1.165, 1.54) is 22.5 Å². The summed E-state index contributed by atoms with van der Waals surface area (Å²) in [6.07, 6.45) is -0.706. The van der Waals surface area contributed by atoms with Crippen molar-refractivity contribution in [3.05, 3.63) is 59.4 Å². The van der Waals surface area contributed by atoms with Crippen LogP contribution in [0.5, 0.6) is 5.75 Å². The highest BCUT2D eigenvalue weighted by Crippen LogP contribution is 2.19. The molecule has 0 radical (unpaired) electrons. The fraction of sp³-hybridized carbons (Fsp3) is 0.368. The Balaban J connectivity index is 1.47. The number of piperazine rings is 1. The van der Waals surface area contributed by atoms with Crippen molar-refractivity contribution in [2.75, 3.05) is 39.3 Å². The van der Waals surface area contributed by atoms with Gasteiger partial charge in [0.15, 0.2) is 0 Å². The first-order valence-corrected chi connectivity index (χ1v) is 10.7. The molecule has 1 fully saturated rings. The molecule has 0 saturated carbocycles. The SMILES string of the molecule is O=S(=O)(c1cccc(F)c1)N1CCN(CC(O)COc2ccc(Cl)cc2)CC1. The lowest BCUT2D eigenvalue weighted by Gasteiger charge is -2.34. The van der Waals surface area contributed by atoms with Crippen LogP contribution in [0.15, 0.2) is 53.4 Å². The standard InChI is InChI=1S/C19H22ClFN2O4S/c20-15-4-6-18(7-5-15)27-14-17(24)13-22-8-10-23(11-9-22)28(25,26)19-3-1-2-16(21)12-19/h1-7,12,17,24H,8-11,13-14H2. The predicted molar refractivity (Wildman–Crippen MR) is 105 cm³/mol. The van der Waals surface area contributed by atoms with Crippen molar-refractivity contribution in [1.82, 2.24) is 9.21 Å². The van der Waals surface area contributed by atoms with E-state index in [2.05, 4.69) is 0 Å². The van der Waals surface area contributed by atoms with Gasteiger partial charge in [-0.3, -0.25) is 4.90 Å². The van der Waals surface area contributed by atoms with Crippen molar-refractivity contribution in [2.45, 2.75) is 11.0 Å². The smallest absolute Gasteiger partial charge is 0.243 e. The molecule has 1 unspecified atom stereocenters. The lowest BCUT2D eigenvalue weighted by atomic mass is 10.3. The molecule has 152 valence electrons. The third-order valence-corrected chi connectivity index (χ3v) is 6.64. The molecular weight excluding hydrogens is 407 g/mol. The van der Waals surface area contributed by atoms with Crippen LogP contribution in [0, 0.1) is 5.82 Å². The molecule has 2 aromatic rings. The Bertz CT molecular complexity index is 887. The molecule has 0 amide bonds. The number of aliphatic hydroxyl groups excluding tert-OH is 1. The lowest BCUT2D eigenvalue weighted by molar-refractivity contribution is 0.0569. The maximum Gasteiger partial charge on any atom is 0.243 e. The summed E-state index contributed by atoms with van der Waals surface area (Å²) >= 11 is 5.82. The Labute approximate surface area is 169 Å². The number of benzene rings is 2. The predicted octanol–water partition coefficient (Wildman–Crippen LogP) is 2.23. The molecule has 1 heterocycles. The van der Waals surface area contributed by atoms with E-state index in [4.69, 9.17) is 16.3 Å². The second-order valence-electron chi connectivity index (χ2n) is 6.58. The van der Waals surface area contributed by atoms with E-state index in [0.29, 0.717) is 30.4 Å². The second-order valence-corrected chi connectivity index (χ2v) is 8.96. The Morgan fingerprint density at radius 1 is 1.11 bits per heavy atom. The Hall–Kier alpha value is -1.71. The first-order chi connectivity index (χ1) is 13.3. The number of β-amino-alcohol motifs (C(OH)–C–C–N with tert-alkyl or cyclic N) is 1. The molecule has 0 spiro atoms. The van der Waals surface area contributed by atoms with Crippen LogP contribution >= 0.6 is 11.6 Å². The minimum absolute atomic E-state index is 0.0441. The number of ether oxygens (including phenoxy) is 1. The zero-order chi connectivity index (χ0) is 20.1. The van der Waals surface area contributed by atoms with Crippen molar-refractivity contribution >= 4 is 21.6 Å². The Morgan fingerprint density at radius 3 is 2.43 bits per heavy atom. The van der Waals surface area contributed by atoms with Crippen LogP contribution in [0.3, 0.4) is 0 Å². The number of sulfonamides is 1. The monoisotopic (exact) mass is 428 g/mol. The van der Waals surface area contributed by atoms with Gasteiger partial charge in [0, 0.05) is 37.7 Å². The molecule has 1 N–H and O–H groups in total. The van der Waals surface area contributed by atoms with Crippen LogP contribution < -0.4 is 4.74 Å². The van der Waals surface area contributed by atoms with Crippen molar-refractivity contribution in [2.24, 2.45) is 0 Å². The zero-order valence-corrected chi connectivity index (χ0v) is 16.7. The fourth-order valence-corrected chi connectivity index (χ4v) is 4.58. The number of aliphatic hydroxyl groups is 1. The summed E-state index contributed by atoms with van der Waals surface area (Å²) in [4.78, 5) is 1.94. The van der Waals surface area contributed by atoms with Gasteiger partial charge >= 0.3 is 0 Å². The van der Waals surface area contributed by atoms with Gasteiger partial charge in [0.05, 0.1) is 4.90 Å². The second kappa shape index (κ2) is 9.19. The maximum atomic E-state index is 13.3. The highest BCUT2D eigenvalue weighted by Gasteiger charge is 2.29. The molecule has 1 aliphatic heterocycles. The van der Waals surface area contributed by atoms with Crippen LogP contribution in [0.25, 0.3) is 0 Å². The molecule has 3 rings (SSSR count). The summed E-state index contributed by atoms with van der Waals surface area (Å²) in [5.74, 6) is 0.0398. The number of halogens is 2. The summed E-state index contributed by atoms with van der Waals surface area (Å²) in [5, 5.41) is 10.8. The van der Waals surface area contributed by atoms with E-state index in [1.807, 2.05) is 4.90 Å². The average molecular weight is 429 g/mol. The Kier molecular flexibility index (Phi) is 6.90. The summed E-state index contributed by atoms with van der Waals surface area (Å²) in [5.41, 5.74) is 0. The van der Waals surface area contributed by atoms with Gasteiger partial charge < -0.3 is 9.84 Å². The molecule has 1 aliphatic rings. The van der Waals surface area contributed by atoms with Crippen molar-refractivity contribution in [3.63, 3.8) is 0 Å². The molecule has 28 heavy (non-hydrogen) atoms. The summed E-state index contributed by atoms with van der Waals surface area (Å²) in [7, 11) is -3.72. The van der Waals surface area contributed by atoms with E-state index in [0.717, 1.165) is 6.07 Å². The van der Waals surface area contributed by atoms with E-state index in [9.17, 15) is 17.9 Å². The topological polar surface area (TPSA) is 70.1 Å². The van der Waals surface area contributed by atoms with Gasteiger partial charge in [0.2, 0.25) is 10.0 Å². The molecule has 2 aromatic carbocycles. The van der Waals surface area contributed by atoms with E-state index in [1.54, 1.807) is 24.3 Å². The lowest BCUT2D eigenvalue weighted by Crippen LogP contribution is -2.50. The third-order valence-electron chi connectivity index (χ3n) is 4.49. The van der Waals surface area contributed by atoms with Crippen LogP contribution in [0.1, 0.15) is 0 Å². The quantitative estimate of drug-likeness (QED) is 0.732. The van der Waals surface area contributed by atoms with Gasteiger partial charge in [-0.15, -0.1) is 0 Å². The van der Waals surface area contributed by atoms with Gasteiger partial charge in [-0.05, 0) is 42.5 Å². The highest BCUT2D eigenvalue weighted by molar-refractivity contribution is 7.89. The maximum absolute atomic E-state index is 13.3. The van der Waals surface area contributed by atoms with Gasteiger partial charge in [-0.25, -0.2) is 12.8 Å². The van der Waals surface area contributed by atoms with Crippen LogP contribution in [-0.4, -0.2) is 68.2 Å². The molecule has 1 atom stereocenters. The van der Waals surface area contributed by atoms with Crippen LogP contribution in [0.2, 0.25) is 5.02 Å². The third kappa shape index (κ3) is 5.42. The molecule has 0 bridgehead atoms. The number of rotatable bonds is 7.